The molecule has 1 aliphatic rings. The van der Waals surface area contributed by atoms with Gasteiger partial charge in [-0.25, -0.2) is 0 Å². The van der Waals surface area contributed by atoms with Crippen LogP contribution in [0.2, 0.25) is 0 Å². The Bertz CT molecular complexity index is 2620. The predicted molar refractivity (Wildman–Crippen MR) is 186 cm³/mol. The summed E-state index contributed by atoms with van der Waals surface area (Å²) in [6.07, 6.45) is -0.0325. The molecule has 256 valence electrons. The van der Waals surface area contributed by atoms with Crippen LogP contribution in [0.4, 0.5) is 17.1 Å². The minimum Gasteiger partial charge on any atom is -0.354 e. The number of benzene rings is 4. The molecule has 13 nitrogen and oxygen atoms in total. The van der Waals surface area contributed by atoms with Gasteiger partial charge in [-0.2, -0.15) is 16.8 Å². The summed E-state index contributed by atoms with van der Waals surface area (Å²) in [5.74, 6) is -1.84. The van der Waals surface area contributed by atoms with Crippen molar-refractivity contribution in [3.8, 4) is 11.1 Å². The number of alkyl halides is 1. The second-order valence-electron chi connectivity index (χ2n) is 11.5. The molecular formula is C34H26ClN3O10S2. The van der Waals surface area contributed by atoms with Gasteiger partial charge < -0.3 is 15.2 Å². The highest BCUT2D eigenvalue weighted by Gasteiger charge is 2.34. The third-order valence-corrected chi connectivity index (χ3v) is 10.3. The summed E-state index contributed by atoms with van der Waals surface area (Å²) in [7, 11) is -8.17. The van der Waals surface area contributed by atoms with Crippen molar-refractivity contribution in [2.24, 2.45) is 7.05 Å². The number of amides is 1. The Morgan fingerprint density at radius 3 is 2.18 bits per heavy atom. The molecule has 1 aliphatic carbocycles. The predicted octanol–water partition coefficient (Wildman–Crippen LogP) is 5.09. The molecular weight excluding hydrogens is 710 g/mol. The maximum absolute atomic E-state index is 14.3. The lowest BCUT2D eigenvalue weighted by Gasteiger charge is -2.26. The lowest BCUT2D eigenvalue weighted by molar-refractivity contribution is -0.115. The first-order valence-electron chi connectivity index (χ1n) is 14.7. The summed E-state index contributed by atoms with van der Waals surface area (Å²) in [4.78, 5) is 53.6. The van der Waals surface area contributed by atoms with Crippen LogP contribution in [0.15, 0.2) is 87.4 Å². The number of nitrogens with one attached hydrogen (secondary N) is 2. The Labute approximate surface area is 290 Å². The molecule has 0 unspecified atom stereocenters. The standard InChI is InChI=1S/C34H26ClN3O10S2/c1-17-14-26(50(46,47)48)24(16-23(17)37-27(39)12-13-35)36-22-10-11-25-30-28(20-8-3-4-9-21(20)33(41)29(22)30)31(34(42)38(25)2)32(40)18-6-5-7-19(15-18)49(43,44)45/h3-11,14-16,36H,12-13H2,1-2H3,(H,37,39)(H,43,44,45)(H,46,47,48). The SMILES string of the molecule is Cc1cc(S(=O)(=O)O)c(Nc2ccc3c4c2C(=O)c2ccccc2-c4c(C(=O)c2cccc(S(=O)(=O)O)c2)c(=O)n3C)cc1NC(=O)CCCl. The average molecular weight is 736 g/mol. The van der Waals surface area contributed by atoms with Crippen LogP contribution in [-0.4, -0.2) is 53.9 Å². The highest BCUT2D eigenvalue weighted by Crippen LogP contribution is 2.44. The zero-order chi connectivity index (χ0) is 36.3. The van der Waals surface area contributed by atoms with Crippen LogP contribution in [0.3, 0.4) is 0 Å². The number of aromatic nitrogens is 1. The maximum atomic E-state index is 14.3. The van der Waals surface area contributed by atoms with E-state index in [0.29, 0.717) is 5.56 Å². The first-order chi connectivity index (χ1) is 23.5. The third-order valence-electron chi connectivity index (χ3n) is 8.32. The van der Waals surface area contributed by atoms with Crippen LogP contribution in [0.25, 0.3) is 22.0 Å². The molecule has 0 bridgehead atoms. The molecule has 5 aromatic rings. The largest absolute Gasteiger partial charge is 0.354 e. The van der Waals surface area contributed by atoms with Gasteiger partial charge in [0.15, 0.2) is 11.6 Å². The number of carbonyl (C=O) groups excluding carboxylic acids is 3. The fourth-order valence-corrected chi connectivity index (χ4v) is 7.41. The first-order valence-corrected chi connectivity index (χ1v) is 18.2. The van der Waals surface area contributed by atoms with Crippen molar-refractivity contribution < 1.29 is 40.3 Å². The average Bonchev–Trinajstić information content (AvgIpc) is 3.06. The number of hydrogen-bond acceptors (Lipinski definition) is 9. The molecule has 0 radical (unpaired) electrons. The molecule has 0 atom stereocenters. The lowest BCUT2D eigenvalue weighted by atomic mass is 9.80. The minimum absolute atomic E-state index is 0.0322. The topological polar surface area (TPSA) is 206 Å². The molecule has 0 saturated heterocycles. The van der Waals surface area contributed by atoms with Gasteiger partial charge in [0.2, 0.25) is 5.91 Å². The number of halogens is 1. The number of anilines is 3. The van der Waals surface area contributed by atoms with Gasteiger partial charge in [0.25, 0.3) is 25.8 Å². The molecule has 1 amide bonds. The Hall–Kier alpha value is -5.19. The van der Waals surface area contributed by atoms with E-state index in [1.165, 1.54) is 50.4 Å². The van der Waals surface area contributed by atoms with E-state index >= 15 is 0 Å². The molecule has 0 spiro atoms. The first kappa shape index (κ1) is 34.7. The number of fused-ring (bicyclic) bond motifs is 2. The number of nitrogens with zero attached hydrogens (tertiary/aromatic N) is 1. The van der Waals surface area contributed by atoms with Crippen molar-refractivity contribution >= 4 is 77.3 Å². The van der Waals surface area contributed by atoms with E-state index in [9.17, 15) is 45.1 Å². The van der Waals surface area contributed by atoms with Gasteiger partial charge in [-0.1, -0.05) is 36.4 Å². The van der Waals surface area contributed by atoms with Crippen LogP contribution >= 0.6 is 11.6 Å². The van der Waals surface area contributed by atoms with Crippen molar-refractivity contribution in [1.29, 1.82) is 0 Å². The summed E-state index contributed by atoms with van der Waals surface area (Å²) in [5, 5.41) is 5.72. The second-order valence-corrected chi connectivity index (χ2v) is 14.6. The van der Waals surface area contributed by atoms with Gasteiger partial charge in [-0.05, 0) is 54.4 Å². The Balaban J connectivity index is 1.65. The van der Waals surface area contributed by atoms with Crippen LogP contribution in [0.1, 0.15) is 43.8 Å². The number of carbonyl (C=O) groups is 3. The summed E-state index contributed by atoms with van der Waals surface area (Å²) in [5.41, 5.74) is -0.396. The normalized spacial score (nSPS) is 12.5. The van der Waals surface area contributed by atoms with E-state index in [4.69, 9.17) is 11.6 Å². The molecule has 1 aromatic heterocycles. The molecule has 4 N–H and O–H groups in total. The van der Waals surface area contributed by atoms with Crippen molar-refractivity contribution in [3.05, 3.63) is 111 Å². The number of ketones is 2. The molecule has 0 fully saturated rings. The van der Waals surface area contributed by atoms with Crippen molar-refractivity contribution in [2.45, 2.75) is 23.1 Å². The zero-order valence-corrected chi connectivity index (χ0v) is 28.5. The number of hydrogen-bond donors (Lipinski definition) is 4. The number of pyridine rings is 1. The highest BCUT2D eigenvalue weighted by molar-refractivity contribution is 7.86. The van der Waals surface area contributed by atoms with Gasteiger partial charge in [0.05, 0.1) is 32.9 Å². The molecule has 0 saturated carbocycles. The highest BCUT2D eigenvalue weighted by atomic mass is 35.5. The quantitative estimate of drug-likeness (QED) is 0.0874. The maximum Gasteiger partial charge on any atom is 0.296 e. The molecule has 0 aliphatic heterocycles. The van der Waals surface area contributed by atoms with Gasteiger partial charge >= 0.3 is 0 Å². The number of rotatable bonds is 9. The van der Waals surface area contributed by atoms with Gasteiger partial charge in [0, 0.05) is 47.1 Å². The van der Waals surface area contributed by atoms with E-state index in [1.807, 2.05) is 0 Å². The van der Waals surface area contributed by atoms with Gasteiger partial charge in [-0.15, -0.1) is 11.6 Å². The summed E-state index contributed by atoms with van der Waals surface area (Å²) in [6, 6.07) is 16.1. The van der Waals surface area contributed by atoms with E-state index < -0.39 is 53.1 Å². The van der Waals surface area contributed by atoms with E-state index in [-0.39, 0.29) is 73.6 Å². The molecule has 4 aromatic carbocycles. The fraction of sp³-hybridized carbons (Fsp3) is 0.118. The Kier molecular flexibility index (Phi) is 8.74. The fourth-order valence-electron chi connectivity index (χ4n) is 6.00. The molecule has 6 rings (SSSR count). The smallest absolute Gasteiger partial charge is 0.296 e. The number of aryl methyl sites for hydroxylation is 2. The molecule has 50 heavy (non-hydrogen) atoms. The van der Waals surface area contributed by atoms with Crippen molar-refractivity contribution in [2.75, 3.05) is 16.5 Å². The van der Waals surface area contributed by atoms with Crippen LogP contribution in [0, 0.1) is 6.92 Å². The summed E-state index contributed by atoms with van der Waals surface area (Å²) >= 11 is 5.69. The molecule has 1 heterocycles. The van der Waals surface area contributed by atoms with E-state index in [2.05, 4.69) is 10.6 Å². The third kappa shape index (κ3) is 5.99. The van der Waals surface area contributed by atoms with Gasteiger partial charge in [0.1, 0.15) is 4.90 Å². The summed E-state index contributed by atoms with van der Waals surface area (Å²) < 4.78 is 69.7. The van der Waals surface area contributed by atoms with Crippen LogP contribution in [-0.2, 0) is 32.1 Å². The minimum atomic E-state index is -4.86. The summed E-state index contributed by atoms with van der Waals surface area (Å²) in [6.45, 7) is 1.52. The lowest BCUT2D eigenvalue weighted by Crippen LogP contribution is -2.29. The van der Waals surface area contributed by atoms with Crippen LogP contribution in [0.5, 0.6) is 0 Å². The van der Waals surface area contributed by atoms with E-state index in [0.717, 1.165) is 22.8 Å². The van der Waals surface area contributed by atoms with Crippen molar-refractivity contribution in [3.63, 3.8) is 0 Å². The monoisotopic (exact) mass is 735 g/mol. The Morgan fingerprint density at radius 2 is 1.52 bits per heavy atom. The van der Waals surface area contributed by atoms with Crippen LogP contribution < -0.4 is 16.2 Å². The Morgan fingerprint density at radius 1 is 0.820 bits per heavy atom. The van der Waals surface area contributed by atoms with Gasteiger partial charge in [-0.3, -0.25) is 28.3 Å². The second kappa shape index (κ2) is 12.6. The van der Waals surface area contributed by atoms with Crippen molar-refractivity contribution in [1.82, 2.24) is 4.57 Å². The van der Waals surface area contributed by atoms with E-state index in [1.54, 1.807) is 18.2 Å². The zero-order valence-electron chi connectivity index (χ0n) is 26.1. The molecule has 16 heteroatoms.